The maximum atomic E-state index is 13.2. The van der Waals surface area contributed by atoms with Gasteiger partial charge < -0.3 is 19.3 Å². The van der Waals surface area contributed by atoms with Gasteiger partial charge in [0.15, 0.2) is 11.7 Å². The molecule has 0 aliphatic carbocycles. The van der Waals surface area contributed by atoms with Gasteiger partial charge in [-0.15, -0.1) is 10.2 Å². The summed E-state index contributed by atoms with van der Waals surface area (Å²) in [4.78, 5) is 65.1. The van der Waals surface area contributed by atoms with Gasteiger partial charge in [0.2, 0.25) is 0 Å². The van der Waals surface area contributed by atoms with Gasteiger partial charge in [0.1, 0.15) is 39.6 Å². The second kappa shape index (κ2) is 24.4. The summed E-state index contributed by atoms with van der Waals surface area (Å²) < 4.78 is 7.26. The summed E-state index contributed by atoms with van der Waals surface area (Å²) in [6.07, 6.45) is 12.8. The van der Waals surface area contributed by atoms with E-state index in [9.17, 15) is 29.8 Å². The van der Waals surface area contributed by atoms with Crippen molar-refractivity contribution < 1.29 is 24.5 Å². The molecular formula is C50H46N14O8. The molecule has 8 aromatic rings. The van der Waals surface area contributed by atoms with Gasteiger partial charge in [0, 0.05) is 68.2 Å². The number of unbranched alkanes of at least 4 members (excludes halogenated alkanes) is 2. The number of amides is 1. The van der Waals surface area contributed by atoms with E-state index in [2.05, 4.69) is 58.1 Å². The monoisotopic (exact) mass is 970 g/mol. The van der Waals surface area contributed by atoms with Crippen molar-refractivity contribution in [2.75, 3.05) is 11.4 Å². The minimum absolute atomic E-state index is 0.0159. The van der Waals surface area contributed by atoms with E-state index in [-0.39, 0.29) is 28.6 Å². The number of aromatic nitrogens is 7. The van der Waals surface area contributed by atoms with Crippen molar-refractivity contribution in [2.45, 2.75) is 46.1 Å². The number of anilines is 1. The summed E-state index contributed by atoms with van der Waals surface area (Å²) in [6, 6.07) is 30.7. The molecule has 22 nitrogen and oxygen atoms in total. The van der Waals surface area contributed by atoms with Crippen molar-refractivity contribution in [3.05, 3.63) is 194 Å². The number of aryl methyl sites for hydroxylation is 1. The lowest BCUT2D eigenvalue weighted by Crippen LogP contribution is -2.38. The van der Waals surface area contributed by atoms with Crippen LogP contribution in [-0.4, -0.2) is 73.8 Å². The van der Waals surface area contributed by atoms with Crippen LogP contribution in [0.5, 0.6) is 11.5 Å². The Morgan fingerprint density at radius 1 is 0.708 bits per heavy atom. The molecule has 0 saturated heterocycles. The minimum Gasteiger partial charge on any atom is -0.508 e. The summed E-state index contributed by atoms with van der Waals surface area (Å²) in [7, 11) is 0. The number of hydrazone groups is 2. The smallest absolute Gasteiger partial charge is 0.269 e. The third-order valence-electron chi connectivity index (χ3n) is 10.5. The molecule has 7 heterocycles. The predicted octanol–water partition coefficient (Wildman–Crippen LogP) is 7.83. The van der Waals surface area contributed by atoms with Crippen LogP contribution in [0.2, 0.25) is 0 Å². The third kappa shape index (κ3) is 12.6. The second-order valence-electron chi connectivity index (χ2n) is 15.4. The predicted molar refractivity (Wildman–Crippen MR) is 270 cm³/mol. The highest BCUT2D eigenvalue weighted by atomic mass is 16.6. The molecule has 9 rings (SSSR count). The first-order valence-corrected chi connectivity index (χ1v) is 22.5. The molecule has 0 radical (unpaired) electrons. The van der Waals surface area contributed by atoms with Crippen LogP contribution >= 0.6 is 0 Å². The van der Waals surface area contributed by atoms with E-state index in [0.717, 1.165) is 31.2 Å². The molecule has 364 valence electrons. The van der Waals surface area contributed by atoms with Crippen molar-refractivity contribution in [3.8, 4) is 22.9 Å². The van der Waals surface area contributed by atoms with E-state index in [1.165, 1.54) is 60.9 Å². The lowest BCUT2D eigenvalue weighted by atomic mass is 10.1. The Morgan fingerprint density at radius 2 is 1.33 bits per heavy atom. The van der Waals surface area contributed by atoms with Gasteiger partial charge in [-0.1, -0.05) is 38.8 Å². The summed E-state index contributed by atoms with van der Waals surface area (Å²) in [6.45, 7) is 5.25. The number of hydrogen-bond donors (Lipinski definition) is 3. The number of carbonyl (C=O) groups is 1. The Kier molecular flexibility index (Phi) is 17.0. The average molecular weight is 971 g/mol. The first kappa shape index (κ1) is 50.0. The van der Waals surface area contributed by atoms with Crippen LogP contribution < -0.4 is 26.0 Å². The van der Waals surface area contributed by atoms with Crippen molar-refractivity contribution in [3.63, 3.8) is 0 Å². The molecule has 2 aromatic carbocycles. The van der Waals surface area contributed by atoms with Gasteiger partial charge >= 0.3 is 0 Å². The van der Waals surface area contributed by atoms with E-state index in [4.69, 9.17) is 9.84 Å². The Balaban J connectivity index is 0.000000185. The standard InChI is InChI=1S/C25H24N8O4.C19H17N5O.C6H5NO3/c1-2-3-16-32(22(34)13-17-37-19-11-9-18(10-12-19)33(35)36)21-8-6-15-27-23(21)25-30-28-24(29-31-25)20-7-4-5-14-26-20;1-2-3-11-24-16-8-6-10-21-18(16)17-13(19(24)25)12-15(22-23-17)14-7-4-5-9-20-14;8-6-3-1-5(2-4-6)7(9)10/h4-15,17H,2-3,16H2,1H3,(H,28,29)(H,30,31);4-10,12H,2-3,11H2,1H3;1-4,8H/b17-13+;;. The molecule has 1 amide bonds. The molecule has 1 aliphatic heterocycles. The Morgan fingerprint density at radius 3 is 1.97 bits per heavy atom. The number of fused-ring (bicyclic) bond motifs is 3. The van der Waals surface area contributed by atoms with Crippen LogP contribution in [0, 0.1) is 20.2 Å². The molecule has 1 aliphatic rings. The minimum atomic E-state index is -0.514. The van der Waals surface area contributed by atoms with Crippen LogP contribution in [0.3, 0.4) is 0 Å². The Labute approximate surface area is 410 Å². The van der Waals surface area contributed by atoms with Gasteiger partial charge in [0.25, 0.3) is 22.8 Å². The lowest BCUT2D eigenvalue weighted by Gasteiger charge is -2.24. The fourth-order valence-corrected chi connectivity index (χ4v) is 6.89. The number of nitrogens with one attached hydrogen (secondary N) is 2. The highest BCUT2D eigenvalue weighted by Crippen LogP contribution is 2.24. The highest BCUT2D eigenvalue weighted by molar-refractivity contribution is 6.10. The molecule has 0 saturated carbocycles. The highest BCUT2D eigenvalue weighted by Gasteiger charge is 2.23. The van der Waals surface area contributed by atoms with E-state index < -0.39 is 9.85 Å². The molecule has 0 fully saturated rings. The lowest BCUT2D eigenvalue weighted by molar-refractivity contribution is -0.385. The maximum Gasteiger partial charge on any atom is 0.269 e. The number of rotatable bonds is 15. The van der Waals surface area contributed by atoms with Gasteiger partial charge in [-0.05, 0) is 91.7 Å². The maximum absolute atomic E-state index is 13.2. The number of phenolic OH excluding ortho intramolecular Hbond substituents is 1. The summed E-state index contributed by atoms with van der Waals surface area (Å²) >= 11 is 0. The van der Waals surface area contributed by atoms with E-state index >= 15 is 0 Å². The molecule has 22 heteroatoms. The van der Waals surface area contributed by atoms with Crippen LogP contribution in [-0.2, 0) is 11.3 Å². The number of benzene rings is 2. The van der Waals surface area contributed by atoms with E-state index in [1.807, 2.05) is 49.4 Å². The zero-order valence-electron chi connectivity index (χ0n) is 38.8. The largest absolute Gasteiger partial charge is 0.508 e. The zero-order chi connectivity index (χ0) is 50.8. The number of amidine groups is 2. The zero-order valence-corrected chi connectivity index (χ0v) is 38.8. The number of ether oxygens (including phenoxy) is 1. The number of phenols is 1. The Bertz CT molecular complexity index is 3320. The summed E-state index contributed by atoms with van der Waals surface area (Å²) in [5, 5.41) is 47.3. The first-order chi connectivity index (χ1) is 35.1. The van der Waals surface area contributed by atoms with Gasteiger partial charge in [-0.2, -0.15) is 10.2 Å². The number of aromatic hydroxyl groups is 1. The van der Waals surface area contributed by atoms with Crippen molar-refractivity contribution in [2.24, 2.45) is 10.2 Å². The summed E-state index contributed by atoms with van der Waals surface area (Å²) in [5.41, 5.74) is 10.6. The van der Waals surface area contributed by atoms with Gasteiger partial charge in [0.05, 0.1) is 38.4 Å². The first-order valence-electron chi connectivity index (χ1n) is 22.5. The SMILES string of the molecule is CCCCN(C(=O)/C=C/Oc1ccc([N+](=O)[O-])cc1)c1cccnc1C1=NNC(c2ccccn2)=NN1.CCCCn1c(=O)c2cc(-c3ccccn3)nnc2c2ncccc21.O=[N+]([O-])c1ccc(O)cc1. The molecule has 72 heavy (non-hydrogen) atoms. The number of hydrogen-bond acceptors (Lipinski definition) is 18. The molecule has 0 spiro atoms. The molecule has 3 N–H and O–H groups in total. The van der Waals surface area contributed by atoms with Crippen molar-refractivity contribution in [1.82, 2.24) is 45.6 Å². The van der Waals surface area contributed by atoms with E-state index in [1.54, 1.807) is 58.5 Å². The fourth-order valence-electron chi connectivity index (χ4n) is 6.89. The topological polar surface area (TPSA) is 284 Å². The molecular weight excluding hydrogens is 925 g/mol. The molecule has 0 atom stereocenters. The third-order valence-corrected chi connectivity index (χ3v) is 10.5. The normalized spacial score (nSPS) is 11.7. The van der Waals surface area contributed by atoms with Crippen LogP contribution in [0.4, 0.5) is 17.1 Å². The van der Waals surface area contributed by atoms with Crippen molar-refractivity contribution >= 4 is 56.6 Å². The number of nitro groups is 2. The van der Waals surface area contributed by atoms with E-state index in [0.29, 0.717) is 75.4 Å². The van der Waals surface area contributed by atoms with Crippen LogP contribution in [0.15, 0.2) is 167 Å². The fraction of sp³-hybridized carbons (Fsp3) is 0.160. The number of pyridine rings is 5. The Hall–Kier alpha value is -9.86. The number of non-ortho nitro benzene ring substituents is 2. The van der Waals surface area contributed by atoms with Crippen LogP contribution in [0.1, 0.15) is 50.9 Å². The quantitative estimate of drug-likeness (QED) is 0.0290. The number of nitrogens with zero attached hydrogens (tertiary/aromatic N) is 12. The number of nitro benzene ring substituents is 2. The molecule has 0 unspecified atom stereocenters. The molecule has 0 bridgehead atoms. The van der Waals surface area contributed by atoms with Gasteiger partial charge in [-0.25, -0.2) is 0 Å². The average Bonchev–Trinajstić information content (AvgIpc) is 3.42. The van der Waals surface area contributed by atoms with Crippen LogP contribution in [0.25, 0.3) is 33.3 Å². The summed E-state index contributed by atoms with van der Waals surface area (Å²) in [5.74, 6) is 0.866. The number of carbonyl (C=O) groups excluding carboxylic acids is 1. The second-order valence-corrected chi connectivity index (χ2v) is 15.4. The van der Waals surface area contributed by atoms with Gasteiger partial charge in [-0.3, -0.25) is 60.6 Å². The molecule has 6 aromatic heterocycles. The van der Waals surface area contributed by atoms with Crippen molar-refractivity contribution in [1.29, 1.82) is 0 Å².